The molecule has 0 aliphatic carbocycles. The number of hydrogen-bond acceptors (Lipinski definition) is 2. The molecule has 0 saturated carbocycles. The van der Waals surface area contributed by atoms with E-state index in [0.29, 0.717) is 6.54 Å². The molecular weight excluding hydrogens is 306 g/mol. The van der Waals surface area contributed by atoms with E-state index < -0.39 is 6.10 Å². The summed E-state index contributed by atoms with van der Waals surface area (Å²) >= 11 is 5.88. The van der Waals surface area contributed by atoms with Crippen molar-refractivity contribution in [2.45, 2.75) is 20.0 Å². The Morgan fingerprint density at radius 2 is 1.39 bits per heavy atom. The Labute approximate surface area is 144 Å². The van der Waals surface area contributed by atoms with E-state index in [0.717, 1.165) is 34.8 Å². The van der Waals surface area contributed by atoms with Gasteiger partial charge in [0, 0.05) is 11.6 Å². The molecule has 2 aromatic rings. The first-order valence-corrected chi connectivity index (χ1v) is 8.44. The van der Waals surface area contributed by atoms with Gasteiger partial charge in [-0.1, -0.05) is 74.0 Å². The average molecular weight is 330 g/mol. The molecule has 0 bridgehead atoms. The van der Waals surface area contributed by atoms with Crippen molar-refractivity contribution < 1.29 is 5.11 Å². The number of rotatable bonds is 7. The Morgan fingerprint density at radius 1 is 0.913 bits per heavy atom. The third kappa shape index (κ3) is 5.51. The molecule has 0 amide bonds. The van der Waals surface area contributed by atoms with Gasteiger partial charge in [-0.25, -0.2) is 0 Å². The highest BCUT2D eigenvalue weighted by Crippen LogP contribution is 2.17. The third-order valence-corrected chi connectivity index (χ3v) is 4.24. The number of likely N-dealkylation sites (N-methyl/N-ethyl adjacent to an activating group) is 1. The molecule has 0 spiro atoms. The second-order valence-corrected chi connectivity index (χ2v) is 5.99. The van der Waals surface area contributed by atoms with Crippen molar-refractivity contribution in [1.82, 2.24) is 4.90 Å². The smallest absolute Gasteiger partial charge is 0.0916 e. The molecule has 1 N–H and O–H groups in total. The fourth-order valence-electron chi connectivity index (χ4n) is 2.43. The fraction of sp³-hybridized carbons (Fsp3) is 0.300. The molecule has 0 radical (unpaired) electrons. The molecule has 0 heterocycles. The number of nitrogens with zero attached hydrogens (tertiary/aromatic N) is 1. The minimum atomic E-state index is -0.441. The van der Waals surface area contributed by atoms with Crippen LogP contribution in [0.5, 0.6) is 0 Å². The lowest BCUT2D eigenvalue weighted by Crippen LogP contribution is -2.28. The van der Waals surface area contributed by atoms with Crippen LogP contribution >= 0.6 is 11.6 Å². The van der Waals surface area contributed by atoms with Crippen molar-refractivity contribution in [3.05, 3.63) is 70.2 Å². The largest absolute Gasteiger partial charge is 0.387 e. The predicted octanol–water partition coefficient (Wildman–Crippen LogP) is 4.89. The topological polar surface area (TPSA) is 23.5 Å². The van der Waals surface area contributed by atoms with Crippen molar-refractivity contribution in [2.75, 3.05) is 19.6 Å². The number of halogens is 1. The summed E-state index contributed by atoms with van der Waals surface area (Å²) in [5.41, 5.74) is 3.18. The zero-order valence-corrected chi connectivity index (χ0v) is 14.5. The number of aliphatic hydroxyl groups excluding tert-OH is 1. The lowest BCUT2D eigenvalue weighted by molar-refractivity contribution is 0.119. The van der Waals surface area contributed by atoms with Crippen LogP contribution < -0.4 is 0 Å². The van der Waals surface area contributed by atoms with Crippen molar-refractivity contribution in [2.24, 2.45) is 0 Å². The van der Waals surface area contributed by atoms with Crippen LogP contribution in [0.3, 0.4) is 0 Å². The maximum atomic E-state index is 10.3. The first-order chi connectivity index (χ1) is 11.1. The monoisotopic (exact) mass is 329 g/mol. The lowest BCUT2D eigenvalue weighted by atomic mass is 10.1. The van der Waals surface area contributed by atoms with Gasteiger partial charge in [0.1, 0.15) is 0 Å². The van der Waals surface area contributed by atoms with Gasteiger partial charge in [0.15, 0.2) is 0 Å². The second-order valence-electron chi connectivity index (χ2n) is 5.55. The summed E-state index contributed by atoms with van der Waals surface area (Å²) in [6.45, 7) is 6.81. The molecule has 0 aliphatic rings. The molecule has 122 valence electrons. The summed E-state index contributed by atoms with van der Waals surface area (Å²) in [5, 5.41) is 11.0. The van der Waals surface area contributed by atoms with E-state index in [1.165, 1.54) is 0 Å². The van der Waals surface area contributed by atoms with E-state index >= 15 is 0 Å². The molecule has 0 fully saturated rings. The quantitative estimate of drug-likeness (QED) is 0.731. The van der Waals surface area contributed by atoms with Gasteiger partial charge in [-0.2, -0.15) is 0 Å². The van der Waals surface area contributed by atoms with Crippen LogP contribution in [0.4, 0.5) is 0 Å². The van der Waals surface area contributed by atoms with Crippen molar-refractivity contribution in [1.29, 1.82) is 0 Å². The second kappa shape index (κ2) is 8.88. The van der Waals surface area contributed by atoms with Crippen molar-refractivity contribution in [3.8, 4) is 0 Å². The summed E-state index contributed by atoms with van der Waals surface area (Å²) in [5.74, 6) is 0. The van der Waals surface area contributed by atoms with E-state index in [9.17, 15) is 5.11 Å². The molecule has 3 heteroatoms. The molecule has 0 aromatic heterocycles. The zero-order valence-electron chi connectivity index (χ0n) is 13.7. The van der Waals surface area contributed by atoms with Crippen LogP contribution in [-0.4, -0.2) is 29.6 Å². The van der Waals surface area contributed by atoms with E-state index in [2.05, 4.69) is 30.9 Å². The van der Waals surface area contributed by atoms with E-state index in [4.69, 9.17) is 11.6 Å². The van der Waals surface area contributed by atoms with Gasteiger partial charge < -0.3 is 10.0 Å². The Balaban J connectivity index is 2.00. The van der Waals surface area contributed by atoms with Crippen LogP contribution in [0.15, 0.2) is 48.5 Å². The summed E-state index contributed by atoms with van der Waals surface area (Å²) in [6.07, 6.45) is 3.67. The first kappa shape index (κ1) is 17.7. The molecule has 0 unspecified atom stereocenters. The van der Waals surface area contributed by atoms with E-state index in [-0.39, 0.29) is 0 Å². The van der Waals surface area contributed by atoms with Crippen LogP contribution in [0.1, 0.15) is 36.6 Å². The van der Waals surface area contributed by atoms with Gasteiger partial charge in [0.05, 0.1) is 6.10 Å². The fourth-order valence-corrected chi connectivity index (χ4v) is 2.55. The Kier molecular flexibility index (Phi) is 6.85. The molecule has 0 saturated heterocycles. The SMILES string of the molecule is CCN(CC)C[C@H](O)c1ccc(/C=C/c2ccc(Cl)cc2)cc1. The summed E-state index contributed by atoms with van der Waals surface area (Å²) in [6, 6.07) is 15.8. The normalized spacial score (nSPS) is 12.9. The first-order valence-electron chi connectivity index (χ1n) is 8.06. The molecule has 1 atom stereocenters. The lowest BCUT2D eigenvalue weighted by Gasteiger charge is -2.22. The Bertz CT molecular complexity index is 615. The molecule has 2 aromatic carbocycles. The molecule has 23 heavy (non-hydrogen) atoms. The van der Waals surface area contributed by atoms with Crippen LogP contribution in [0, 0.1) is 0 Å². The Morgan fingerprint density at radius 3 is 1.87 bits per heavy atom. The van der Waals surface area contributed by atoms with Crippen molar-refractivity contribution >= 4 is 23.8 Å². The maximum absolute atomic E-state index is 10.3. The van der Waals surface area contributed by atoms with Gasteiger partial charge in [0.25, 0.3) is 0 Å². The van der Waals surface area contributed by atoms with Crippen molar-refractivity contribution in [3.63, 3.8) is 0 Å². The third-order valence-electron chi connectivity index (χ3n) is 3.99. The molecular formula is C20H24ClNO. The highest BCUT2D eigenvalue weighted by molar-refractivity contribution is 6.30. The number of aliphatic hydroxyl groups is 1. The average Bonchev–Trinajstić information content (AvgIpc) is 2.59. The summed E-state index contributed by atoms with van der Waals surface area (Å²) in [7, 11) is 0. The molecule has 0 aliphatic heterocycles. The van der Waals surface area contributed by atoms with Gasteiger partial charge in [-0.15, -0.1) is 0 Å². The number of hydrogen-bond donors (Lipinski definition) is 1. The van der Waals surface area contributed by atoms with Crippen LogP contribution in [-0.2, 0) is 0 Å². The highest BCUT2D eigenvalue weighted by Gasteiger charge is 2.10. The summed E-state index contributed by atoms with van der Waals surface area (Å²) < 4.78 is 0. The van der Waals surface area contributed by atoms with Gasteiger partial charge in [0.2, 0.25) is 0 Å². The highest BCUT2D eigenvalue weighted by atomic mass is 35.5. The van der Waals surface area contributed by atoms with E-state index in [1.54, 1.807) is 0 Å². The minimum Gasteiger partial charge on any atom is -0.387 e. The minimum absolute atomic E-state index is 0.441. The van der Waals surface area contributed by atoms with Gasteiger partial charge in [-0.3, -0.25) is 0 Å². The van der Waals surface area contributed by atoms with Crippen LogP contribution in [0.2, 0.25) is 5.02 Å². The van der Waals surface area contributed by atoms with E-state index in [1.807, 2.05) is 48.5 Å². The zero-order chi connectivity index (χ0) is 16.7. The van der Waals surface area contributed by atoms with Gasteiger partial charge >= 0.3 is 0 Å². The number of benzene rings is 2. The van der Waals surface area contributed by atoms with Crippen LogP contribution in [0.25, 0.3) is 12.2 Å². The van der Waals surface area contributed by atoms with Gasteiger partial charge in [-0.05, 0) is 41.9 Å². The standard InChI is InChI=1S/C20H24ClNO/c1-3-22(4-2)15-20(23)18-11-7-16(8-12-18)5-6-17-9-13-19(21)14-10-17/h5-14,20,23H,3-4,15H2,1-2H3/b6-5+/t20-/m0/s1. The molecule has 2 rings (SSSR count). The molecule has 2 nitrogen and oxygen atoms in total. The predicted molar refractivity (Wildman–Crippen MR) is 99.6 cm³/mol. The maximum Gasteiger partial charge on any atom is 0.0916 e. The Hall–Kier alpha value is -1.61. The summed E-state index contributed by atoms with van der Waals surface area (Å²) in [4.78, 5) is 2.22.